The molecule has 0 saturated carbocycles. The van der Waals surface area contributed by atoms with E-state index in [1.807, 2.05) is 36.4 Å². The minimum absolute atomic E-state index is 0.125. The molecule has 6 nitrogen and oxygen atoms in total. The number of hydrogen-bond acceptors (Lipinski definition) is 4. The number of carbonyl (C=O) groups is 2. The zero-order chi connectivity index (χ0) is 20.3. The molecule has 3 rings (SSSR count). The first-order chi connectivity index (χ1) is 13.3. The van der Waals surface area contributed by atoms with Crippen molar-refractivity contribution in [1.29, 1.82) is 0 Å². The van der Waals surface area contributed by atoms with Gasteiger partial charge >= 0.3 is 0 Å². The highest BCUT2D eigenvalue weighted by molar-refractivity contribution is 5.93. The van der Waals surface area contributed by atoms with Crippen LogP contribution in [0.4, 0.5) is 5.95 Å². The molecule has 0 radical (unpaired) electrons. The number of aldehydes is 1. The number of fused-ring (bicyclic) bond motifs is 1. The molecular weight excluding hydrogens is 354 g/mol. The molecule has 28 heavy (non-hydrogen) atoms. The van der Waals surface area contributed by atoms with Crippen molar-refractivity contribution in [2.45, 2.75) is 33.1 Å². The highest BCUT2D eigenvalue weighted by Gasteiger charge is 2.22. The minimum Gasteiger partial charge on any atom is -0.303 e. The van der Waals surface area contributed by atoms with E-state index in [1.165, 1.54) is 0 Å². The highest BCUT2D eigenvalue weighted by Crippen LogP contribution is 2.21. The molecule has 0 bridgehead atoms. The van der Waals surface area contributed by atoms with Gasteiger partial charge in [-0.1, -0.05) is 57.2 Å². The Balaban J connectivity index is 1.89. The van der Waals surface area contributed by atoms with E-state index in [2.05, 4.69) is 15.3 Å². The molecule has 1 heterocycles. The van der Waals surface area contributed by atoms with Crippen LogP contribution >= 0.6 is 0 Å². The largest absolute Gasteiger partial charge is 0.303 e. The number of carbonyl (C=O) groups excluding carboxylic acids is 2. The van der Waals surface area contributed by atoms with E-state index in [1.54, 1.807) is 32.9 Å². The second kappa shape index (κ2) is 7.76. The third-order valence-electron chi connectivity index (χ3n) is 4.53. The van der Waals surface area contributed by atoms with E-state index in [9.17, 15) is 14.4 Å². The van der Waals surface area contributed by atoms with Crippen molar-refractivity contribution in [3.8, 4) is 0 Å². The number of aromatic nitrogens is 2. The van der Waals surface area contributed by atoms with Gasteiger partial charge in [-0.15, -0.1) is 0 Å². The molecule has 1 aromatic heterocycles. The molecule has 6 heteroatoms. The van der Waals surface area contributed by atoms with E-state index in [0.717, 1.165) is 17.4 Å². The van der Waals surface area contributed by atoms with Crippen molar-refractivity contribution in [2.75, 3.05) is 5.32 Å². The summed E-state index contributed by atoms with van der Waals surface area (Å²) in [5, 5.41) is 3.06. The number of H-pyrrole nitrogens is 1. The summed E-state index contributed by atoms with van der Waals surface area (Å²) < 4.78 is 0. The van der Waals surface area contributed by atoms with Gasteiger partial charge in [0.25, 0.3) is 5.56 Å². The molecule has 144 valence electrons. The molecule has 1 amide bonds. The zero-order valence-corrected chi connectivity index (χ0v) is 16.2. The van der Waals surface area contributed by atoms with Gasteiger partial charge in [0.1, 0.15) is 6.29 Å². The fraction of sp³-hybridized carbons (Fsp3) is 0.273. The smallest absolute Gasteiger partial charge is 0.260 e. The molecule has 0 fully saturated rings. The Labute approximate surface area is 163 Å². The Morgan fingerprint density at radius 1 is 1.18 bits per heavy atom. The lowest BCUT2D eigenvalue weighted by Crippen LogP contribution is -2.29. The third-order valence-corrected chi connectivity index (χ3v) is 4.53. The molecule has 3 aromatic rings. The average molecular weight is 377 g/mol. The number of hydrogen-bond donors (Lipinski definition) is 2. The van der Waals surface area contributed by atoms with Gasteiger partial charge in [-0.05, 0) is 29.7 Å². The quantitative estimate of drug-likeness (QED) is 0.666. The Bertz CT molecular complexity index is 1070. The van der Waals surface area contributed by atoms with Crippen molar-refractivity contribution < 1.29 is 9.59 Å². The van der Waals surface area contributed by atoms with E-state index in [4.69, 9.17) is 0 Å². The van der Waals surface area contributed by atoms with E-state index < -0.39 is 5.41 Å². The van der Waals surface area contributed by atoms with Gasteiger partial charge < -0.3 is 4.79 Å². The van der Waals surface area contributed by atoms with Gasteiger partial charge in [-0.3, -0.25) is 19.9 Å². The van der Waals surface area contributed by atoms with Crippen LogP contribution in [0.3, 0.4) is 0 Å². The predicted molar refractivity (Wildman–Crippen MR) is 109 cm³/mol. The van der Waals surface area contributed by atoms with Crippen LogP contribution in [0.15, 0.2) is 53.3 Å². The molecule has 1 atom stereocenters. The van der Waals surface area contributed by atoms with Gasteiger partial charge in [0.15, 0.2) is 0 Å². The Kier molecular flexibility index (Phi) is 5.40. The van der Waals surface area contributed by atoms with Crippen LogP contribution in [-0.4, -0.2) is 22.2 Å². The second-order valence-electron chi connectivity index (χ2n) is 7.83. The van der Waals surface area contributed by atoms with E-state index in [-0.39, 0.29) is 23.3 Å². The van der Waals surface area contributed by atoms with Gasteiger partial charge in [-0.2, -0.15) is 0 Å². The minimum atomic E-state index is -0.599. The monoisotopic (exact) mass is 377 g/mol. The van der Waals surface area contributed by atoms with Crippen molar-refractivity contribution >= 4 is 29.0 Å². The molecule has 2 aromatic carbocycles. The molecule has 1 unspecified atom stereocenters. The number of anilines is 1. The number of nitrogens with zero attached hydrogens (tertiary/aromatic N) is 1. The molecule has 0 aliphatic carbocycles. The number of nitrogens with one attached hydrogen (secondary N) is 2. The van der Waals surface area contributed by atoms with Crippen LogP contribution in [0.2, 0.25) is 0 Å². The highest BCUT2D eigenvalue weighted by atomic mass is 16.2. The standard InChI is InChI=1S/C22H23N3O3/c1-22(2,3)20(28)25-21-23-18-10-9-14(12-17(18)19(27)24-21)11-16(13-26)15-7-5-4-6-8-15/h4-10,12-13,16H,11H2,1-3H3,(H2,23,24,25,27,28). The maximum absolute atomic E-state index is 12.5. The molecule has 0 aliphatic heterocycles. The summed E-state index contributed by atoms with van der Waals surface area (Å²) in [5.74, 6) is -0.389. The number of amides is 1. The Hall–Kier alpha value is -3.28. The number of aromatic amines is 1. The van der Waals surface area contributed by atoms with Crippen LogP contribution in [0.1, 0.15) is 37.8 Å². The molecule has 0 saturated heterocycles. The lowest BCUT2D eigenvalue weighted by molar-refractivity contribution is -0.123. The summed E-state index contributed by atoms with van der Waals surface area (Å²) in [6, 6.07) is 14.9. The topological polar surface area (TPSA) is 91.9 Å². The lowest BCUT2D eigenvalue weighted by Gasteiger charge is -2.17. The fourth-order valence-electron chi connectivity index (χ4n) is 2.87. The van der Waals surface area contributed by atoms with Crippen molar-refractivity contribution in [3.05, 3.63) is 70.0 Å². The molecular formula is C22H23N3O3. The van der Waals surface area contributed by atoms with Gasteiger partial charge in [0.2, 0.25) is 11.9 Å². The first-order valence-electron chi connectivity index (χ1n) is 9.12. The summed E-state index contributed by atoms with van der Waals surface area (Å²) in [5.41, 5.74) is 1.35. The third kappa shape index (κ3) is 4.34. The van der Waals surface area contributed by atoms with Gasteiger partial charge in [0, 0.05) is 11.3 Å². The normalized spacial score (nSPS) is 12.5. The summed E-state index contributed by atoms with van der Waals surface area (Å²) in [7, 11) is 0. The summed E-state index contributed by atoms with van der Waals surface area (Å²) in [4.78, 5) is 43.1. The van der Waals surface area contributed by atoms with Crippen molar-refractivity contribution in [3.63, 3.8) is 0 Å². The average Bonchev–Trinajstić information content (AvgIpc) is 2.66. The van der Waals surface area contributed by atoms with E-state index >= 15 is 0 Å². The van der Waals surface area contributed by atoms with Crippen molar-refractivity contribution in [2.24, 2.45) is 5.41 Å². The maximum atomic E-state index is 12.5. The molecule has 2 N–H and O–H groups in total. The lowest BCUT2D eigenvalue weighted by atomic mass is 9.93. The number of rotatable bonds is 5. The first kappa shape index (κ1) is 19.5. The van der Waals surface area contributed by atoms with Crippen LogP contribution in [0.5, 0.6) is 0 Å². The summed E-state index contributed by atoms with van der Waals surface area (Å²) in [6.45, 7) is 5.35. The van der Waals surface area contributed by atoms with Crippen LogP contribution in [0.25, 0.3) is 10.9 Å². The van der Waals surface area contributed by atoms with Crippen LogP contribution in [-0.2, 0) is 16.0 Å². The van der Waals surface area contributed by atoms with Crippen LogP contribution < -0.4 is 10.9 Å². The van der Waals surface area contributed by atoms with Crippen LogP contribution in [0, 0.1) is 5.41 Å². The fourth-order valence-corrected chi connectivity index (χ4v) is 2.87. The number of benzene rings is 2. The van der Waals surface area contributed by atoms with E-state index in [0.29, 0.717) is 17.3 Å². The Morgan fingerprint density at radius 3 is 2.54 bits per heavy atom. The molecule has 0 aliphatic rings. The summed E-state index contributed by atoms with van der Waals surface area (Å²) >= 11 is 0. The van der Waals surface area contributed by atoms with Crippen molar-refractivity contribution in [1.82, 2.24) is 9.97 Å². The predicted octanol–water partition coefficient (Wildman–Crippen LogP) is 3.43. The maximum Gasteiger partial charge on any atom is 0.260 e. The molecule has 0 spiro atoms. The SMILES string of the molecule is CC(C)(C)C(=O)Nc1nc2ccc(CC(C=O)c3ccccc3)cc2c(=O)[nH]1. The van der Waals surface area contributed by atoms with Gasteiger partial charge in [0.05, 0.1) is 10.9 Å². The Morgan fingerprint density at radius 2 is 1.89 bits per heavy atom. The second-order valence-corrected chi connectivity index (χ2v) is 7.83. The summed E-state index contributed by atoms with van der Waals surface area (Å²) in [6.07, 6.45) is 1.42. The van der Waals surface area contributed by atoms with Gasteiger partial charge in [-0.25, -0.2) is 4.98 Å². The first-order valence-corrected chi connectivity index (χ1v) is 9.12. The zero-order valence-electron chi connectivity index (χ0n) is 16.2.